The minimum absolute atomic E-state index is 0.0353. The standard InChI is InChI=1S/C25H22N2O7/c1-2-12-34-24(33)20(29)25(18-13-26-21(18)30,19(28)15-8-4-3-5-9-15)14-27-22(31)16-10-6-7-11-17(16)23(27)32/h2-11,18,20,29H,1,12-14H2,(H,26,30)/t18-,20?,25+/m0/s1. The number of benzene rings is 2. The Bertz CT molecular complexity index is 1160. The maximum atomic E-state index is 13.9. The van der Waals surface area contributed by atoms with Crippen LogP contribution in [0.1, 0.15) is 31.1 Å². The van der Waals surface area contributed by atoms with Crippen molar-refractivity contribution in [3.8, 4) is 0 Å². The average Bonchev–Trinajstić information content (AvgIpc) is 3.10. The van der Waals surface area contributed by atoms with E-state index in [0.717, 1.165) is 4.90 Å². The molecule has 1 unspecified atom stereocenters. The lowest BCUT2D eigenvalue weighted by molar-refractivity contribution is -0.164. The second kappa shape index (κ2) is 9.03. The molecule has 2 N–H and O–H groups in total. The smallest absolute Gasteiger partial charge is 0.336 e. The molecule has 1 fully saturated rings. The van der Waals surface area contributed by atoms with Gasteiger partial charge in [-0.25, -0.2) is 4.79 Å². The molecule has 1 saturated heterocycles. The second-order valence-corrected chi connectivity index (χ2v) is 8.10. The molecule has 3 amide bonds. The molecular weight excluding hydrogens is 440 g/mol. The zero-order valence-corrected chi connectivity index (χ0v) is 18.1. The Labute approximate surface area is 195 Å². The second-order valence-electron chi connectivity index (χ2n) is 8.10. The first kappa shape index (κ1) is 23.1. The minimum atomic E-state index is -2.17. The number of aliphatic hydroxyl groups is 1. The molecule has 4 rings (SSSR count). The molecule has 0 bridgehead atoms. The van der Waals surface area contributed by atoms with Crippen molar-refractivity contribution < 1.29 is 33.8 Å². The van der Waals surface area contributed by atoms with Gasteiger partial charge in [-0.2, -0.15) is 0 Å². The number of imide groups is 1. The summed E-state index contributed by atoms with van der Waals surface area (Å²) in [7, 11) is 0. The maximum absolute atomic E-state index is 13.9. The number of carbonyl (C=O) groups is 5. The molecule has 0 radical (unpaired) electrons. The fourth-order valence-corrected chi connectivity index (χ4v) is 4.38. The summed E-state index contributed by atoms with van der Waals surface area (Å²) in [6.07, 6.45) is -0.855. The van der Waals surface area contributed by atoms with Gasteiger partial charge in [0.25, 0.3) is 11.8 Å². The number of nitrogens with one attached hydrogen (secondary N) is 1. The van der Waals surface area contributed by atoms with E-state index >= 15 is 0 Å². The zero-order valence-electron chi connectivity index (χ0n) is 18.1. The number of Topliss-reactive ketones (excluding diaryl/α,β-unsaturated/α-hetero) is 1. The van der Waals surface area contributed by atoms with Gasteiger partial charge < -0.3 is 15.2 Å². The summed E-state index contributed by atoms with van der Waals surface area (Å²) in [5, 5.41) is 13.7. The topological polar surface area (TPSA) is 130 Å². The van der Waals surface area contributed by atoms with E-state index in [1.807, 2.05) is 0 Å². The summed E-state index contributed by atoms with van der Waals surface area (Å²) >= 11 is 0. The third-order valence-electron chi connectivity index (χ3n) is 6.23. The molecule has 3 atom stereocenters. The van der Waals surface area contributed by atoms with Crippen LogP contribution in [0.2, 0.25) is 0 Å². The molecule has 0 aromatic heterocycles. The zero-order chi connectivity index (χ0) is 24.5. The molecule has 2 aliphatic heterocycles. The van der Waals surface area contributed by atoms with Crippen LogP contribution in [0.3, 0.4) is 0 Å². The molecule has 0 saturated carbocycles. The fourth-order valence-electron chi connectivity index (χ4n) is 4.38. The first-order valence-corrected chi connectivity index (χ1v) is 10.6. The third-order valence-corrected chi connectivity index (χ3v) is 6.23. The van der Waals surface area contributed by atoms with Crippen LogP contribution in [0.5, 0.6) is 0 Å². The summed E-state index contributed by atoms with van der Waals surface area (Å²) in [5.74, 6) is -5.06. The molecule has 34 heavy (non-hydrogen) atoms. The van der Waals surface area contributed by atoms with E-state index in [2.05, 4.69) is 11.9 Å². The Balaban J connectivity index is 1.84. The Kier molecular flexibility index (Phi) is 6.12. The first-order valence-electron chi connectivity index (χ1n) is 10.6. The van der Waals surface area contributed by atoms with E-state index < -0.39 is 53.5 Å². The maximum Gasteiger partial charge on any atom is 0.336 e. The fraction of sp³-hybridized carbons (Fsp3) is 0.240. The van der Waals surface area contributed by atoms with E-state index in [4.69, 9.17) is 4.74 Å². The van der Waals surface area contributed by atoms with Gasteiger partial charge in [0.2, 0.25) is 5.91 Å². The van der Waals surface area contributed by atoms with Gasteiger partial charge in [0, 0.05) is 18.7 Å². The van der Waals surface area contributed by atoms with Gasteiger partial charge in [0.05, 0.1) is 17.0 Å². The molecule has 9 heteroatoms. The minimum Gasteiger partial charge on any atom is -0.460 e. The van der Waals surface area contributed by atoms with Gasteiger partial charge in [-0.05, 0) is 12.1 Å². The number of ketones is 1. The molecule has 0 spiro atoms. The van der Waals surface area contributed by atoms with Gasteiger partial charge in [0.1, 0.15) is 12.0 Å². The van der Waals surface area contributed by atoms with Crippen molar-refractivity contribution >= 4 is 29.5 Å². The van der Waals surface area contributed by atoms with Crippen LogP contribution >= 0.6 is 0 Å². The van der Waals surface area contributed by atoms with Crippen molar-refractivity contribution in [2.75, 3.05) is 19.7 Å². The van der Waals surface area contributed by atoms with Crippen molar-refractivity contribution in [2.24, 2.45) is 11.3 Å². The van der Waals surface area contributed by atoms with Gasteiger partial charge in [-0.1, -0.05) is 55.1 Å². The molecule has 9 nitrogen and oxygen atoms in total. The number of hydrogen-bond donors (Lipinski definition) is 2. The Morgan fingerprint density at radius 2 is 1.68 bits per heavy atom. The number of nitrogens with zero attached hydrogens (tertiary/aromatic N) is 1. The van der Waals surface area contributed by atoms with Crippen molar-refractivity contribution in [1.29, 1.82) is 0 Å². The van der Waals surface area contributed by atoms with Crippen LogP contribution in [-0.2, 0) is 14.3 Å². The molecule has 2 aromatic rings. The van der Waals surface area contributed by atoms with E-state index in [9.17, 15) is 29.1 Å². The number of fused-ring (bicyclic) bond motifs is 1. The van der Waals surface area contributed by atoms with Crippen molar-refractivity contribution in [2.45, 2.75) is 6.10 Å². The third kappa shape index (κ3) is 3.60. The first-order chi connectivity index (χ1) is 16.3. The summed E-state index contributed by atoms with van der Waals surface area (Å²) < 4.78 is 5.00. The Hall–Kier alpha value is -4.11. The van der Waals surface area contributed by atoms with Crippen molar-refractivity contribution in [1.82, 2.24) is 10.2 Å². The van der Waals surface area contributed by atoms with Crippen molar-refractivity contribution in [3.05, 3.63) is 83.9 Å². The highest BCUT2D eigenvalue weighted by Gasteiger charge is 2.61. The predicted octanol–water partition coefficient (Wildman–Crippen LogP) is 0.988. The lowest BCUT2D eigenvalue weighted by Gasteiger charge is -2.46. The number of hydrogen-bond acceptors (Lipinski definition) is 7. The van der Waals surface area contributed by atoms with E-state index in [-0.39, 0.29) is 29.8 Å². The Morgan fingerprint density at radius 3 is 2.18 bits per heavy atom. The van der Waals surface area contributed by atoms with Crippen LogP contribution < -0.4 is 5.32 Å². The van der Waals surface area contributed by atoms with E-state index in [0.29, 0.717) is 0 Å². The number of carbonyl (C=O) groups excluding carboxylic acids is 5. The summed E-state index contributed by atoms with van der Waals surface area (Å²) in [6, 6.07) is 13.9. The molecule has 2 aromatic carbocycles. The molecule has 2 heterocycles. The number of β-lactam (4-membered cyclic amide) rings is 1. The highest BCUT2D eigenvalue weighted by Crippen LogP contribution is 2.42. The normalized spacial score (nSPS) is 19.4. The number of esters is 1. The molecular formula is C25H22N2O7. The van der Waals surface area contributed by atoms with Crippen LogP contribution in [0, 0.1) is 11.3 Å². The summed E-state index contributed by atoms with van der Waals surface area (Å²) in [6.45, 7) is 2.49. The number of rotatable bonds is 9. The van der Waals surface area contributed by atoms with Crippen LogP contribution in [-0.4, -0.2) is 65.3 Å². The van der Waals surface area contributed by atoms with Gasteiger partial charge in [-0.15, -0.1) is 0 Å². The van der Waals surface area contributed by atoms with Gasteiger partial charge in [-0.3, -0.25) is 24.1 Å². The van der Waals surface area contributed by atoms with Crippen molar-refractivity contribution in [3.63, 3.8) is 0 Å². The highest BCUT2D eigenvalue weighted by molar-refractivity contribution is 6.22. The van der Waals surface area contributed by atoms with E-state index in [1.165, 1.54) is 30.3 Å². The summed E-state index contributed by atoms with van der Waals surface area (Å²) in [5.41, 5.74) is -1.80. The quantitative estimate of drug-likeness (QED) is 0.187. The Morgan fingerprint density at radius 1 is 1.09 bits per heavy atom. The largest absolute Gasteiger partial charge is 0.460 e. The number of amides is 3. The van der Waals surface area contributed by atoms with Crippen LogP contribution in [0.4, 0.5) is 0 Å². The lowest BCUT2D eigenvalue weighted by atomic mass is 9.63. The number of ether oxygens (including phenoxy) is 1. The van der Waals surface area contributed by atoms with Gasteiger partial charge in [0.15, 0.2) is 11.9 Å². The molecule has 0 aliphatic carbocycles. The highest BCUT2D eigenvalue weighted by atomic mass is 16.5. The number of aliphatic hydroxyl groups excluding tert-OH is 1. The van der Waals surface area contributed by atoms with E-state index in [1.54, 1.807) is 30.3 Å². The molecule has 174 valence electrons. The SMILES string of the molecule is C=CCOC(=O)C(O)[C@@](CN1C(=O)c2ccccc2C1=O)(C(=O)c1ccccc1)[C@H]1CNC1=O. The summed E-state index contributed by atoms with van der Waals surface area (Å²) in [4.78, 5) is 66.3. The average molecular weight is 462 g/mol. The monoisotopic (exact) mass is 462 g/mol. The molecule has 2 aliphatic rings. The van der Waals surface area contributed by atoms with Gasteiger partial charge >= 0.3 is 5.97 Å². The van der Waals surface area contributed by atoms with Crippen LogP contribution in [0.15, 0.2) is 67.3 Å². The van der Waals surface area contributed by atoms with Crippen LogP contribution in [0.25, 0.3) is 0 Å². The lowest BCUT2D eigenvalue weighted by Crippen LogP contribution is -2.68. The predicted molar refractivity (Wildman–Crippen MR) is 119 cm³/mol.